The number of carbonyl (C=O) groups excluding carboxylic acids is 1. The average molecular weight is 986 g/mol. The van der Waals surface area contributed by atoms with Gasteiger partial charge in [0.15, 0.2) is 0 Å². The summed E-state index contributed by atoms with van der Waals surface area (Å²) in [4.78, 5) is 61.7. The van der Waals surface area contributed by atoms with Crippen LogP contribution in [0.4, 0.5) is 0 Å². The molecule has 2 aromatic carbocycles. The molecule has 6 aromatic rings. The van der Waals surface area contributed by atoms with Crippen LogP contribution in [0.2, 0.25) is 0 Å². The van der Waals surface area contributed by atoms with Gasteiger partial charge >= 0.3 is 5.97 Å². The first-order valence-corrected chi connectivity index (χ1v) is 25.0. The van der Waals surface area contributed by atoms with Crippen LogP contribution in [0.5, 0.6) is 11.8 Å². The van der Waals surface area contributed by atoms with Crippen molar-refractivity contribution >= 4 is 33.7 Å². The van der Waals surface area contributed by atoms with Gasteiger partial charge in [0.2, 0.25) is 22.6 Å². The number of carbonyl (C=O) groups is 2. The molecule has 15 nitrogen and oxygen atoms in total. The minimum Gasteiger partial charge on any atom is -0.477 e. The quantitative estimate of drug-likeness (QED) is 0.153. The molecule has 4 aromatic heterocycles. The van der Waals surface area contributed by atoms with E-state index in [2.05, 4.69) is 61.9 Å². The second-order valence-corrected chi connectivity index (χ2v) is 21.8. The molecule has 0 unspecified atom stereocenters. The van der Waals surface area contributed by atoms with Gasteiger partial charge in [-0.15, -0.1) is 0 Å². The minimum atomic E-state index is -1.23. The second-order valence-electron chi connectivity index (χ2n) is 21.8. The fourth-order valence-corrected chi connectivity index (χ4v) is 10.9. The summed E-state index contributed by atoms with van der Waals surface area (Å²) < 4.78 is 27.8. The molecule has 3 N–H and O–H groups in total. The van der Waals surface area contributed by atoms with Crippen molar-refractivity contribution in [1.82, 2.24) is 24.0 Å². The Morgan fingerprint density at radius 3 is 1.36 bits per heavy atom. The van der Waals surface area contributed by atoms with E-state index in [0.717, 1.165) is 25.7 Å². The van der Waals surface area contributed by atoms with Crippen molar-refractivity contribution in [3.8, 4) is 11.8 Å². The maximum Gasteiger partial charge on any atom is 0.341 e. The van der Waals surface area contributed by atoms with E-state index in [9.17, 15) is 24.3 Å². The maximum absolute atomic E-state index is 13.6. The number of amides is 1. The van der Waals surface area contributed by atoms with Gasteiger partial charge in [0.25, 0.3) is 5.91 Å². The molecule has 72 heavy (non-hydrogen) atoms. The standard InChI is InChI=1S/C28H33N3O4.C20H18N2O4.C9H18O.H2O/c1-6-30-15-22(26(33)31-16-27(2,3)35-28(4,5)17-31)25(32)21-13-24(29-14-23(21)30)34-20-11-18-9-7-8-10-19(18)12-20;1-2-22-11-16(20(24)25)19(23)15-9-18(21-10-17(15)22)26-14-7-12-5-3-4-6-13(12)8-14;1-8(2)6-5-7-9(3,4)10-8;/h7-10,13-15,20H,6,11-12,16-17H2,1-5H3;3-6,9-11,14H,2,7-8H2,1H3,(H,24,25);5-7H2,1-4H3;1H2. The van der Waals surface area contributed by atoms with Crippen LogP contribution in [0.25, 0.3) is 21.8 Å². The Hall–Kier alpha value is -6.42. The van der Waals surface area contributed by atoms with E-state index in [1.807, 2.05) is 70.4 Å². The van der Waals surface area contributed by atoms with E-state index in [-0.39, 0.29) is 51.3 Å². The van der Waals surface area contributed by atoms with Gasteiger partial charge in [-0.25, -0.2) is 14.8 Å². The highest BCUT2D eigenvalue weighted by molar-refractivity contribution is 5.97. The summed E-state index contributed by atoms with van der Waals surface area (Å²) in [6, 6.07) is 19.8. The third-order valence-corrected chi connectivity index (χ3v) is 13.7. The van der Waals surface area contributed by atoms with E-state index in [0.29, 0.717) is 59.7 Å². The number of carboxylic acid groups (broad SMARTS) is 1. The van der Waals surface area contributed by atoms with E-state index in [1.165, 1.54) is 47.7 Å². The Morgan fingerprint density at radius 1 is 0.625 bits per heavy atom. The first-order valence-electron chi connectivity index (χ1n) is 25.0. The minimum absolute atomic E-state index is 0. The van der Waals surface area contributed by atoms with Crippen molar-refractivity contribution in [2.75, 3.05) is 13.1 Å². The Kier molecular flexibility index (Phi) is 15.5. The number of benzene rings is 2. The number of hydrogen-bond donors (Lipinski definition) is 1. The Labute approximate surface area is 421 Å². The van der Waals surface area contributed by atoms with Crippen LogP contribution in [0.3, 0.4) is 0 Å². The number of aromatic carboxylic acids is 1. The SMILES string of the molecule is CC1(C)CCCC(C)(C)O1.CCn1cc(C(=O)N2CC(C)(C)OC(C)(C)C2)c(=O)c2cc(OC3Cc4ccccc4C3)ncc21.CCn1cc(C(=O)O)c(=O)c2cc(OC3Cc4ccccc4C3)ncc21.O. The molecule has 2 saturated heterocycles. The lowest BCUT2D eigenvalue weighted by molar-refractivity contribution is -0.171. The van der Waals surface area contributed by atoms with E-state index < -0.39 is 22.6 Å². The first kappa shape index (κ1) is 53.4. The molecular weight excluding hydrogens is 915 g/mol. The summed E-state index contributed by atoms with van der Waals surface area (Å²) in [6.45, 7) is 22.4. The summed E-state index contributed by atoms with van der Waals surface area (Å²) in [7, 11) is 0. The van der Waals surface area contributed by atoms with Gasteiger partial charge in [0.05, 0.1) is 56.6 Å². The van der Waals surface area contributed by atoms with Crippen molar-refractivity contribution in [2.45, 2.75) is 162 Å². The molecule has 0 spiro atoms. The van der Waals surface area contributed by atoms with Gasteiger partial charge < -0.3 is 43.6 Å². The summed E-state index contributed by atoms with van der Waals surface area (Å²) in [5, 5.41) is 10.0. The van der Waals surface area contributed by atoms with Crippen LogP contribution in [0, 0.1) is 0 Å². The number of fused-ring (bicyclic) bond motifs is 4. The monoisotopic (exact) mass is 986 g/mol. The molecule has 6 heterocycles. The highest BCUT2D eigenvalue weighted by atomic mass is 16.5. The van der Waals surface area contributed by atoms with Crippen molar-refractivity contribution in [3.63, 3.8) is 0 Å². The molecule has 4 aliphatic rings. The number of hydrogen-bond acceptors (Lipinski definition) is 10. The molecule has 2 aliphatic carbocycles. The molecule has 2 aliphatic heterocycles. The predicted octanol–water partition coefficient (Wildman–Crippen LogP) is 8.57. The molecular formula is C57H71N5O10. The lowest BCUT2D eigenvalue weighted by atomic mass is 9.89. The van der Waals surface area contributed by atoms with Gasteiger partial charge in [-0.1, -0.05) is 48.5 Å². The van der Waals surface area contributed by atoms with Crippen LogP contribution >= 0.6 is 0 Å². The van der Waals surface area contributed by atoms with Crippen LogP contribution in [-0.2, 0) is 48.2 Å². The van der Waals surface area contributed by atoms with Gasteiger partial charge in [-0.05, 0) is 111 Å². The molecule has 0 radical (unpaired) electrons. The number of aryl methyl sites for hydroxylation is 2. The Bertz CT molecular complexity index is 3020. The maximum atomic E-state index is 13.6. The molecule has 1 amide bonds. The summed E-state index contributed by atoms with van der Waals surface area (Å²) in [6.07, 6.45) is 13.2. The van der Waals surface area contributed by atoms with Crippen LogP contribution in [0.15, 0.2) is 95.0 Å². The third kappa shape index (κ3) is 12.1. The number of nitrogens with zero attached hydrogens (tertiary/aromatic N) is 5. The van der Waals surface area contributed by atoms with Crippen LogP contribution < -0.4 is 20.3 Å². The normalized spacial score (nSPS) is 18.4. The Morgan fingerprint density at radius 2 is 1.00 bits per heavy atom. The zero-order chi connectivity index (χ0) is 51.0. The molecule has 0 bridgehead atoms. The summed E-state index contributed by atoms with van der Waals surface area (Å²) in [5.74, 6) is -0.746. The lowest BCUT2D eigenvalue weighted by Gasteiger charge is -2.47. The number of rotatable bonds is 8. The van der Waals surface area contributed by atoms with Gasteiger partial charge in [0, 0.05) is 76.4 Å². The van der Waals surface area contributed by atoms with E-state index >= 15 is 0 Å². The molecule has 0 saturated carbocycles. The number of carboxylic acids is 1. The lowest BCUT2D eigenvalue weighted by Crippen LogP contribution is -2.59. The van der Waals surface area contributed by atoms with Gasteiger partial charge in [-0.2, -0.15) is 0 Å². The third-order valence-electron chi connectivity index (χ3n) is 13.7. The zero-order valence-electron chi connectivity index (χ0n) is 43.5. The van der Waals surface area contributed by atoms with Crippen molar-refractivity contribution in [2.24, 2.45) is 0 Å². The van der Waals surface area contributed by atoms with Crippen molar-refractivity contribution in [3.05, 3.63) is 139 Å². The second kappa shape index (κ2) is 21.0. The highest BCUT2D eigenvalue weighted by Gasteiger charge is 2.41. The largest absolute Gasteiger partial charge is 0.477 e. The molecule has 0 atom stereocenters. The highest BCUT2D eigenvalue weighted by Crippen LogP contribution is 2.35. The number of morpholine rings is 1. The van der Waals surface area contributed by atoms with E-state index in [4.69, 9.17) is 18.9 Å². The zero-order valence-corrected chi connectivity index (χ0v) is 43.5. The molecule has 2 fully saturated rings. The first-order chi connectivity index (χ1) is 33.5. The van der Waals surface area contributed by atoms with Gasteiger partial charge in [0.1, 0.15) is 23.3 Å². The molecule has 10 rings (SSSR count). The van der Waals surface area contributed by atoms with Crippen molar-refractivity contribution in [1.29, 1.82) is 0 Å². The average Bonchev–Trinajstić information content (AvgIpc) is 3.91. The topological polar surface area (TPSA) is 196 Å². The number of aromatic nitrogens is 4. The Balaban J connectivity index is 0.000000180. The smallest absolute Gasteiger partial charge is 0.341 e. The fraction of sp³-hybridized carbons (Fsp3) is 0.474. The van der Waals surface area contributed by atoms with Crippen LogP contribution in [-0.4, -0.2) is 94.2 Å². The van der Waals surface area contributed by atoms with Crippen LogP contribution in [0.1, 0.15) is 131 Å². The molecule has 384 valence electrons. The predicted molar refractivity (Wildman–Crippen MR) is 279 cm³/mol. The number of ether oxygens (including phenoxy) is 4. The van der Waals surface area contributed by atoms with E-state index in [1.54, 1.807) is 40.2 Å². The number of pyridine rings is 4. The van der Waals surface area contributed by atoms with Crippen molar-refractivity contribution < 1.29 is 39.1 Å². The summed E-state index contributed by atoms with van der Waals surface area (Å²) >= 11 is 0. The molecule has 15 heteroatoms. The summed E-state index contributed by atoms with van der Waals surface area (Å²) in [5.41, 5.74) is 4.74. The fourth-order valence-electron chi connectivity index (χ4n) is 10.9. The van der Waals surface area contributed by atoms with Gasteiger partial charge in [-0.3, -0.25) is 14.4 Å².